The van der Waals surface area contributed by atoms with Gasteiger partial charge in [0.15, 0.2) is 8.32 Å². The molecular weight excluding hydrogens is 268 g/mol. The Kier molecular flexibility index (Phi) is 4.77. The minimum Gasteiger partial charge on any atom is -0.411 e. The zero-order valence-electron chi connectivity index (χ0n) is 13.6. The third-order valence-electron chi connectivity index (χ3n) is 5.45. The Morgan fingerprint density at radius 1 is 1.25 bits per heavy atom. The van der Waals surface area contributed by atoms with E-state index in [1.807, 2.05) is 0 Å². The predicted molar refractivity (Wildman–Crippen MR) is 83.4 cm³/mol. The molecule has 0 radical (unpaired) electrons. The van der Waals surface area contributed by atoms with E-state index in [-0.39, 0.29) is 11.1 Å². The maximum Gasteiger partial charge on any atom is 0.192 e. The van der Waals surface area contributed by atoms with E-state index in [9.17, 15) is 4.79 Å². The highest BCUT2D eigenvalue weighted by atomic mass is 28.4. The maximum absolute atomic E-state index is 10.5. The van der Waals surface area contributed by atoms with E-state index in [4.69, 9.17) is 9.16 Å². The van der Waals surface area contributed by atoms with Gasteiger partial charge in [0.25, 0.3) is 0 Å². The molecule has 0 N–H and O–H groups in total. The van der Waals surface area contributed by atoms with Crippen LogP contribution >= 0.6 is 0 Å². The molecule has 2 heterocycles. The van der Waals surface area contributed by atoms with E-state index in [0.29, 0.717) is 24.5 Å². The van der Waals surface area contributed by atoms with Crippen LogP contribution < -0.4 is 0 Å². The van der Waals surface area contributed by atoms with Crippen LogP contribution in [0, 0.1) is 5.92 Å². The number of unbranched alkanes of at least 4 members (excludes halogenated alkanes) is 1. The minimum atomic E-state index is -1.75. The van der Waals surface area contributed by atoms with Gasteiger partial charge in [-0.15, -0.1) is 0 Å². The highest BCUT2D eigenvalue weighted by Crippen LogP contribution is 2.47. The van der Waals surface area contributed by atoms with Crippen LogP contribution in [0.5, 0.6) is 0 Å². The van der Waals surface area contributed by atoms with Crippen molar-refractivity contribution < 1.29 is 14.0 Å². The van der Waals surface area contributed by atoms with Gasteiger partial charge in [-0.05, 0) is 43.8 Å². The summed E-state index contributed by atoms with van der Waals surface area (Å²) in [4.78, 5) is 10.5. The molecule has 2 aliphatic heterocycles. The summed E-state index contributed by atoms with van der Waals surface area (Å²) in [6, 6.07) is 0. The summed E-state index contributed by atoms with van der Waals surface area (Å²) in [5.74, 6) is 0.503. The predicted octanol–water partition coefficient (Wildman–Crippen LogP) is 3.92. The number of fused-ring (bicyclic) bond motifs is 2. The fourth-order valence-corrected chi connectivity index (χ4v) is 4.56. The molecule has 2 saturated heterocycles. The first kappa shape index (κ1) is 16.2. The Hall–Kier alpha value is -0.193. The lowest BCUT2D eigenvalue weighted by Crippen LogP contribution is -2.48. The van der Waals surface area contributed by atoms with E-state index >= 15 is 0 Å². The lowest BCUT2D eigenvalue weighted by molar-refractivity contribution is -0.108. The molecule has 2 fully saturated rings. The van der Waals surface area contributed by atoms with Gasteiger partial charge in [0.1, 0.15) is 6.29 Å². The van der Waals surface area contributed by atoms with Crippen molar-refractivity contribution in [2.75, 3.05) is 0 Å². The van der Waals surface area contributed by atoms with Crippen LogP contribution in [0.25, 0.3) is 0 Å². The van der Waals surface area contributed by atoms with Gasteiger partial charge < -0.3 is 14.0 Å². The average molecular weight is 298 g/mol. The van der Waals surface area contributed by atoms with Crippen LogP contribution in [0.4, 0.5) is 0 Å². The molecule has 0 aromatic rings. The lowest BCUT2D eigenvalue weighted by atomic mass is 9.83. The second kappa shape index (κ2) is 5.89. The second-order valence-corrected chi connectivity index (χ2v) is 12.7. The summed E-state index contributed by atoms with van der Waals surface area (Å²) < 4.78 is 12.8. The fourth-order valence-electron chi connectivity index (χ4n) is 3.20. The van der Waals surface area contributed by atoms with Gasteiger partial charge in [-0.1, -0.05) is 20.8 Å². The van der Waals surface area contributed by atoms with Crippen molar-refractivity contribution in [1.29, 1.82) is 0 Å². The molecule has 0 unspecified atom stereocenters. The summed E-state index contributed by atoms with van der Waals surface area (Å²) in [6.45, 7) is 11.5. The quantitative estimate of drug-likeness (QED) is 0.423. The van der Waals surface area contributed by atoms with Crippen molar-refractivity contribution in [3.8, 4) is 0 Å². The minimum absolute atomic E-state index is 0.238. The summed E-state index contributed by atoms with van der Waals surface area (Å²) in [6.07, 6.45) is 7.00. The zero-order chi connectivity index (χ0) is 15.0. The molecule has 4 atom stereocenters. The Labute approximate surface area is 124 Å². The lowest BCUT2D eigenvalue weighted by Gasteiger charge is -2.41. The molecule has 0 saturated carbocycles. The van der Waals surface area contributed by atoms with E-state index in [1.165, 1.54) is 6.42 Å². The molecular formula is C16H30O3Si. The summed E-state index contributed by atoms with van der Waals surface area (Å²) in [7, 11) is -1.75. The monoisotopic (exact) mass is 298 g/mol. The number of ether oxygens (including phenoxy) is 1. The first-order chi connectivity index (χ1) is 9.26. The van der Waals surface area contributed by atoms with Crippen LogP contribution in [-0.4, -0.2) is 32.9 Å². The fraction of sp³-hybridized carbons (Fsp3) is 0.938. The molecule has 2 rings (SSSR count). The second-order valence-electron chi connectivity index (χ2n) is 7.89. The molecule has 3 nitrogen and oxygen atoms in total. The molecule has 4 heteroatoms. The average Bonchev–Trinajstić information content (AvgIpc) is 2.90. The number of aldehydes is 1. The first-order valence-electron chi connectivity index (χ1n) is 8.03. The molecule has 2 bridgehead atoms. The summed E-state index contributed by atoms with van der Waals surface area (Å²) in [5.41, 5.74) is 0. The van der Waals surface area contributed by atoms with Crippen molar-refractivity contribution in [3.05, 3.63) is 0 Å². The van der Waals surface area contributed by atoms with Crippen molar-refractivity contribution >= 4 is 14.6 Å². The topological polar surface area (TPSA) is 35.5 Å². The first-order valence-corrected chi connectivity index (χ1v) is 10.9. The number of hydrogen-bond donors (Lipinski definition) is 0. The maximum atomic E-state index is 10.5. The van der Waals surface area contributed by atoms with Crippen LogP contribution in [0.2, 0.25) is 18.1 Å². The largest absolute Gasteiger partial charge is 0.411 e. The number of rotatable bonds is 6. The van der Waals surface area contributed by atoms with Crippen molar-refractivity contribution in [2.24, 2.45) is 5.92 Å². The molecule has 116 valence electrons. The Bertz CT molecular complexity index is 348. The highest BCUT2D eigenvalue weighted by molar-refractivity contribution is 6.74. The van der Waals surface area contributed by atoms with Gasteiger partial charge in [-0.2, -0.15) is 0 Å². The smallest absolute Gasteiger partial charge is 0.192 e. The van der Waals surface area contributed by atoms with Crippen molar-refractivity contribution in [3.63, 3.8) is 0 Å². The highest BCUT2D eigenvalue weighted by Gasteiger charge is 2.52. The van der Waals surface area contributed by atoms with Crippen molar-refractivity contribution in [1.82, 2.24) is 0 Å². The number of carbonyl (C=O) groups excluding carboxylic acids is 1. The van der Waals surface area contributed by atoms with E-state index < -0.39 is 8.32 Å². The van der Waals surface area contributed by atoms with Gasteiger partial charge >= 0.3 is 0 Å². The van der Waals surface area contributed by atoms with Crippen LogP contribution in [0.3, 0.4) is 0 Å². The molecule has 0 aliphatic carbocycles. The Balaban J connectivity index is 2.02. The van der Waals surface area contributed by atoms with Gasteiger partial charge in [0.05, 0.1) is 18.3 Å². The van der Waals surface area contributed by atoms with Gasteiger partial charge in [-0.3, -0.25) is 0 Å². The molecule has 20 heavy (non-hydrogen) atoms. The standard InChI is InChI=1S/C16H30O3Si/c1-16(2,3)20(4,5)19-15-12(8-6-7-11-17)13-9-10-14(15)18-13/h11-15H,6-10H2,1-5H3/t12-,13+,14-,15-/m1/s1. The zero-order valence-corrected chi connectivity index (χ0v) is 14.6. The van der Waals surface area contributed by atoms with Gasteiger partial charge in [0, 0.05) is 12.3 Å². The number of carbonyl (C=O) groups is 1. The Morgan fingerprint density at radius 3 is 2.50 bits per heavy atom. The SMILES string of the molecule is CC(C)(C)[Si](C)(C)O[C@@H]1[C@H](CCCC=O)[C@@H]2CC[C@H]1O2. The summed E-state index contributed by atoms with van der Waals surface area (Å²) in [5, 5.41) is 0.238. The van der Waals surface area contributed by atoms with Gasteiger partial charge in [-0.25, -0.2) is 0 Å². The molecule has 2 aliphatic rings. The normalized spacial score (nSPS) is 33.6. The molecule has 0 spiro atoms. The van der Waals surface area contributed by atoms with Crippen LogP contribution in [0.1, 0.15) is 52.9 Å². The third-order valence-corrected chi connectivity index (χ3v) is 9.92. The van der Waals surface area contributed by atoms with E-state index in [2.05, 4.69) is 33.9 Å². The summed E-state index contributed by atoms with van der Waals surface area (Å²) >= 11 is 0. The molecule has 0 aromatic heterocycles. The van der Waals surface area contributed by atoms with E-state index in [1.54, 1.807) is 0 Å². The van der Waals surface area contributed by atoms with Gasteiger partial charge in [0.2, 0.25) is 0 Å². The molecule has 0 aromatic carbocycles. The number of hydrogen-bond acceptors (Lipinski definition) is 3. The third kappa shape index (κ3) is 3.17. The Morgan fingerprint density at radius 2 is 1.90 bits per heavy atom. The van der Waals surface area contributed by atoms with Crippen LogP contribution in [0.15, 0.2) is 0 Å². The molecule has 0 amide bonds. The van der Waals surface area contributed by atoms with E-state index in [0.717, 1.165) is 25.5 Å². The van der Waals surface area contributed by atoms with Crippen LogP contribution in [-0.2, 0) is 14.0 Å². The van der Waals surface area contributed by atoms with Crippen molar-refractivity contribution in [2.45, 2.75) is 89.3 Å².